The van der Waals surface area contributed by atoms with Gasteiger partial charge in [0.25, 0.3) is 5.91 Å². The Morgan fingerprint density at radius 2 is 2.32 bits per heavy atom. The number of likely N-dealkylation sites (N-methyl/N-ethyl adjacent to an activating group) is 1. The molecule has 25 heavy (non-hydrogen) atoms. The van der Waals surface area contributed by atoms with Gasteiger partial charge in [-0.2, -0.15) is 0 Å². The molecule has 0 saturated heterocycles. The molecule has 0 saturated carbocycles. The summed E-state index contributed by atoms with van der Waals surface area (Å²) in [6.45, 7) is -0.00133. The Kier molecular flexibility index (Phi) is 3.73. The number of carbonyl (C=O) groups excluding carboxylic acids is 2. The Morgan fingerprint density at radius 1 is 1.44 bits per heavy atom. The second kappa shape index (κ2) is 6.06. The van der Waals surface area contributed by atoms with Gasteiger partial charge in [-0.3, -0.25) is 14.0 Å². The molecule has 0 aliphatic carbocycles. The van der Waals surface area contributed by atoms with Gasteiger partial charge < -0.3 is 15.0 Å². The van der Waals surface area contributed by atoms with E-state index in [2.05, 4.69) is 10.3 Å². The number of amides is 2. The third kappa shape index (κ3) is 2.87. The maximum atomic E-state index is 12.1. The number of rotatable bonds is 3. The van der Waals surface area contributed by atoms with Gasteiger partial charge in [0.15, 0.2) is 11.6 Å². The number of aromatic nitrogens is 2. The van der Waals surface area contributed by atoms with E-state index in [1.54, 1.807) is 37.5 Å². The lowest BCUT2D eigenvalue weighted by Crippen LogP contribution is -2.35. The van der Waals surface area contributed by atoms with Crippen molar-refractivity contribution >= 4 is 45.6 Å². The van der Waals surface area contributed by atoms with Gasteiger partial charge >= 0.3 is 0 Å². The Hall–Kier alpha value is -3.13. The number of nitrogens with one attached hydrogen (secondary N) is 1. The number of anilines is 2. The lowest BCUT2D eigenvalue weighted by Gasteiger charge is -2.26. The highest BCUT2D eigenvalue weighted by Gasteiger charge is 2.22. The van der Waals surface area contributed by atoms with Gasteiger partial charge in [-0.25, -0.2) is 4.98 Å². The summed E-state index contributed by atoms with van der Waals surface area (Å²) in [5.41, 5.74) is 2.12. The summed E-state index contributed by atoms with van der Waals surface area (Å²) in [5, 5.41) is 4.73. The van der Waals surface area contributed by atoms with Gasteiger partial charge in [0.1, 0.15) is 5.75 Å². The minimum Gasteiger partial charge on any atom is -0.481 e. The van der Waals surface area contributed by atoms with E-state index >= 15 is 0 Å². The van der Waals surface area contributed by atoms with Crippen LogP contribution in [0.5, 0.6) is 5.75 Å². The van der Waals surface area contributed by atoms with Crippen LogP contribution in [-0.2, 0) is 9.59 Å². The van der Waals surface area contributed by atoms with Crippen molar-refractivity contribution in [1.29, 1.82) is 0 Å². The van der Waals surface area contributed by atoms with E-state index in [1.807, 2.05) is 16.0 Å². The van der Waals surface area contributed by atoms with Crippen molar-refractivity contribution in [2.75, 3.05) is 23.9 Å². The van der Waals surface area contributed by atoms with Crippen LogP contribution in [0, 0.1) is 0 Å². The predicted octanol–water partition coefficient (Wildman–Crippen LogP) is 2.40. The van der Waals surface area contributed by atoms with Crippen LogP contribution in [0.2, 0.25) is 0 Å². The summed E-state index contributed by atoms with van der Waals surface area (Å²) < 4.78 is 7.33. The Morgan fingerprint density at radius 3 is 3.20 bits per heavy atom. The first-order valence-electron chi connectivity index (χ1n) is 7.55. The molecule has 4 rings (SSSR count). The fourth-order valence-corrected chi connectivity index (χ4v) is 3.27. The first-order chi connectivity index (χ1) is 12.1. The minimum atomic E-state index is -0.259. The zero-order valence-electron chi connectivity index (χ0n) is 13.3. The van der Waals surface area contributed by atoms with Gasteiger partial charge in [0, 0.05) is 36.5 Å². The summed E-state index contributed by atoms with van der Waals surface area (Å²) in [4.78, 5) is 30.4. The molecule has 8 heteroatoms. The lowest BCUT2D eigenvalue weighted by atomic mass is 10.2. The number of nitrogens with zero attached hydrogens (tertiary/aromatic N) is 3. The molecular formula is C17H14N4O3S. The van der Waals surface area contributed by atoms with Crippen molar-refractivity contribution in [2.45, 2.75) is 0 Å². The minimum absolute atomic E-state index is 0.00133. The normalized spacial score (nSPS) is 14.0. The van der Waals surface area contributed by atoms with E-state index in [0.29, 0.717) is 17.1 Å². The van der Waals surface area contributed by atoms with Crippen LogP contribution in [0.15, 0.2) is 42.0 Å². The summed E-state index contributed by atoms with van der Waals surface area (Å²) in [7, 11) is 1.70. The number of carbonyl (C=O) groups is 2. The number of thiazole rings is 1. The van der Waals surface area contributed by atoms with Gasteiger partial charge in [0.05, 0.1) is 17.6 Å². The van der Waals surface area contributed by atoms with Crippen LogP contribution in [-0.4, -0.2) is 34.9 Å². The van der Waals surface area contributed by atoms with Crippen molar-refractivity contribution in [2.24, 2.45) is 0 Å². The first kappa shape index (κ1) is 15.4. The number of ether oxygens (including phenoxy) is 1. The third-order valence-corrected chi connectivity index (χ3v) is 4.67. The molecule has 1 aromatic carbocycles. The van der Waals surface area contributed by atoms with Gasteiger partial charge in [0.2, 0.25) is 5.91 Å². The largest absolute Gasteiger partial charge is 0.481 e. The molecule has 3 aromatic rings. The highest BCUT2D eigenvalue weighted by atomic mass is 32.1. The average molecular weight is 354 g/mol. The highest BCUT2D eigenvalue weighted by molar-refractivity contribution is 7.15. The molecule has 2 amide bonds. The van der Waals surface area contributed by atoms with Crippen molar-refractivity contribution in [3.8, 4) is 5.75 Å². The quantitative estimate of drug-likeness (QED) is 0.733. The van der Waals surface area contributed by atoms with Crippen LogP contribution in [0.1, 0.15) is 5.69 Å². The molecular weight excluding hydrogens is 340 g/mol. The van der Waals surface area contributed by atoms with E-state index in [0.717, 1.165) is 10.7 Å². The Labute approximate surface area is 147 Å². The number of fused-ring (bicyclic) bond motifs is 2. The molecule has 1 aliphatic rings. The van der Waals surface area contributed by atoms with Crippen molar-refractivity contribution in [3.05, 3.63) is 47.7 Å². The Bertz CT molecular complexity index is 1000. The smallest absolute Gasteiger partial charge is 0.264 e. The molecule has 1 aliphatic heterocycles. The Balaban J connectivity index is 1.49. The fourth-order valence-electron chi connectivity index (χ4n) is 2.57. The molecule has 0 spiro atoms. The van der Waals surface area contributed by atoms with E-state index in [4.69, 9.17) is 4.74 Å². The molecule has 2 aromatic heterocycles. The van der Waals surface area contributed by atoms with Crippen LogP contribution >= 0.6 is 11.3 Å². The number of benzene rings is 1. The fraction of sp³-hybridized carbons (Fsp3) is 0.118. The number of hydrogen-bond acceptors (Lipinski definition) is 5. The van der Waals surface area contributed by atoms with Crippen LogP contribution in [0.3, 0.4) is 0 Å². The maximum absolute atomic E-state index is 12.1. The summed E-state index contributed by atoms with van der Waals surface area (Å²) >= 11 is 1.53. The highest BCUT2D eigenvalue weighted by Crippen LogP contribution is 2.33. The molecule has 0 bridgehead atoms. The zero-order chi connectivity index (χ0) is 17.4. The van der Waals surface area contributed by atoms with Gasteiger partial charge in [-0.15, -0.1) is 11.3 Å². The maximum Gasteiger partial charge on any atom is 0.264 e. The second-order valence-electron chi connectivity index (χ2n) is 5.49. The SMILES string of the molecule is CN1C(=O)COc2cc(NC(=O)/C=C/c3cnc4sccn34)ccc21. The molecule has 0 radical (unpaired) electrons. The van der Waals surface area contributed by atoms with E-state index < -0.39 is 0 Å². The molecule has 126 valence electrons. The molecule has 3 heterocycles. The van der Waals surface area contributed by atoms with E-state index in [9.17, 15) is 9.59 Å². The zero-order valence-corrected chi connectivity index (χ0v) is 14.1. The molecule has 0 unspecified atom stereocenters. The predicted molar refractivity (Wildman–Crippen MR) is 96.1 cm³/mol. The number of hydrogen-bond donors (Lipinski definition) is 1. The van der Waals surface area contributed by atoms with E-state index in [1.165, 1.54) is 22.3 Å². The van der Waals surface area contributed by atoms with Crippen molar-refractivity contribution < 1.29 is 14.3 Å². The van der Waals surface area contributed by atoms with Crippen LogP contribution < -0.4 is 15.0 Å². The van der Waals surface area contributed by atoms with E-state index in [-0.39, 0.29) is 18.4 Å². The molecule has 7 nitrogen and oxygen atoms in total. The third-order valence-electron chi connectivity index (χ3n) is 3.89. The van der Waals surface area contributed by atoms with Crippen LogP contribution in [0.25, 0.3) is 11.0 Å². The summed E-state index contributed by atoms with van der Waals surface area (Å²) in [6, 6.07) is 5.19. The second-order valence-corrected chi connectivity index (χ2v) is 6.36. The number of imidazole rings is 1. The molecule has 0 atom stereocenters. The summed E-state index contributed by atoms with van der Waals surface area (Å²) in [6.07, 6.45) is 6.79. The molecule has 0 fully saturated rings. The van der Waals surface area contributed by atoms with Gasteiger partial charge in [-0.05, 0) is 18.2 Å². The van der Waals surface area contributed by atoms with Crippen molar-refractivity contribution in [1.82, 2.24) is 9.38 Å². The average Bonchev–Trinajstić information content (AvgIpc) is 3.20. The van der Waals surface area contributed by atoms with Crippen molar-refractivity contribution in [3.63, 3.8) is 0 Å². The first-order valence-corrected chi connectivity index (χ1v) is 8.43. The molecule has 1 N–H and O–H groups in total. The van der Waals surface area contributed by atoms with Gasteiger partial charge in [-0.1, -0.05) is 0 Å². The monoisotopic (exact) mass is 354 g/mol. The topological polar surface area (TPSA) is 75.9 Å². The van der Waals surface area contributed by atoms with Crippen LogP contribution in [0.4, 0.5) is 11.4 Å². The lowest BCUT2D eigenvalue weighted by molar-refractivity contribution is -0.121. The summed E-state index contributed by atoms with van der Waals surface area (Å²) in [5.74, 6) is 0.206. The standard InChI is InChI=1S/C17H14N4O3S/c1-20-13-4-2-11(8-14(13)24-10-16(20)23)19-15(22)5-3-12-9-18-17-21(12)6-7-25-17/h2-9H,10H2,1H3,(H,19,22)/b5-3+.